The lowest BCUT2D eigenvalue weighted by molar-refractivity contribution is 0.488. The fourth-order valence-electron chi connectivity index (χ4n) is 2.64. The summed E-state index contributed by atoms with van der Waals surface area (Å²) in [4.78, 5) is 8.16. The Bertz CT molecular complexity index is 1040. The average molecular weight is 371 g/mol. The molecule has 0 bridgehead atoms. The van der Waals surface area contributed by atoms with Crippen LogP contribution in [-0.4, -0.2) is 15.8 Å². The van der Waals surface area contributed by atoms with Crippen LogP contribution in [0.1, 0.15) is 5.56 Å². The zero-order valence-corrected chi connectivity index (χ0v) is 13.6. The van der Waals surface area contributed by atoms with Gasteiger partial charge in [-0.25, -0.2) is 28.7 Å². The van der Waals surface area contributed by atoms with Crippen molar-refractivity contribution in [2.24, 2.45) is 5.10 Å². The van der Waals surface area contributed by atoms with Gasteiger partial charge in [-0.15, -0.1) is 10.6 Å². The maximum atomic E-state index is 14.2. The molecule has 4 N–H and O–H groups in total. The molecule has 3 heterocycles. The van der Waals surface area contributed by atoms with E-state index in [2.05, 4.69) is 26.1 Å². The second-order valence-corrected chi connectivity index (χ2v) is 5.58. The molecule has 0 atom stereocenters. The van der Waals surface area contributed by atoms with Gasteiger partial charge in [0, 0.05) is 29.7 Å². The summed E-state index contributed by atoms with van der Waals surface area (Å²) >= 11 is 0. The molecule has 1 aliphatic rings. The number of halogens is 3. The van der Waals surface area contributed by atoms with Crippen molar-refractivity contribution in [3.05, 3.63) is 71.9 Å². The third-order valence-electron chi connectivity index (χ3n) is 3.93. The van der Waals surface area contributed by atoms with Crippen molar-refractivity contribution >= 4 is 17.3 Å². The van der Waals surface area contributed by atoms with Gasteiger partial charge in [0.05, 0.1) is 5.56 Å². The number of nitrogens with two attached hydrogens (primary N) is 1. The Morgan fingerprint density at radius 1 is 1.00 bits per heavy atom. The molecule has 4 rings (SSSR count). The minimum Gasteiger partial charge on any atom is -0.383 e. The number of hydrazine groups is 2. The summed E-state index contributed by atoms with van der Waals surface area (Å²) in [5.41, 5.74) is 11.8. The zero-order valence-electron chi connectivity index (χ0n) is 13.6. The Labute approximate surface area is 151 Å². The van der Waals surface area contributed by atoms with E-state index in [4.69, 9.17) is 5.73 Å². The number of nitrogens with one attached hydrogen (secondary N) is 2. The minimum atomic E-state index is -1.37. The van der Waals surface area contributed by atoms with E-state index in [1.54, 1.807) is 30.7 Å². The molecule has 0 radical (unpaired) electrons. The predicted octanol–water partition coefficient (Wildman–Crippen LogP) is 2.33. The highest BCUT2D eigenvalue weighted by Crippen LogP contribution is 2.29. The SMILES string of the molecule is Nc1ncc(-c2cccnc2)cc1C1=NNNN1c1c(F)ccc(F)c1F. The molecule has 3 aromatic rings. The first-order valence-electron chi connectivity index (χ1n) is 7.74. The number of pyridine rings is 2. The molecule has 27 heavy (non-hydrogen) atoms. The van der Waals surface area contributed by atoms with Crippen molar-refractivity contribution in [1.29, 1.82) is 0 Å². The number of nitrogens with zero attached hydrogens (tertiary/aromatic N) is 4. The van der Waals surface area contributed by atoms with Gasteiger partial charge in [-0.2, -0.15) is 0 Å². The maximum absolute atomic E-state index is 14.2. The summed E-state index contributed by atoms with van der Waals surface area (Å²) in [6, 6.07) is 6.74. The summed E-state index contributed by atoms with van der Waals surface area (Å²) in [5.74, 6) is -3.44. The number of anilines is 2. The molecular weight excluding hydrogens is 359 g/mol. The van der Waals surface area contributed by atoms with Crippen LogP contribution in [0.2, 0.25) is 0 Å². The van der Waals surface area contributed by atoms with E-state index in [-0.39, 0.29) is 17.2 Å². The Hall–Kier alpha value is -3.66. The smallest absolute Gasteiger partial charge is 0.187 e. The molecule has 10 heteroatoms. The van der Waals surface area contributed by atoms with Gasteiger partial charge in [0.1, 0.15) is 11.5 Å². The van der Waals surface area contributed by atoms with Crippen LogP contribution in [0.15, 0.2) is 54.0 Å². The van der Waals surface area contributed by atoms with Crippen LogP contribution in [0.3, 0.4) is 0 Å². The van der Waals surface area contributed by atoms with Crippen LogP contribution in [-0.2, 0) is 0 Å². The number of hydrogen-bond donors (Lipinski definition) is 3. The summed E-state index contributed by atoms with van der Waals surface area (Å²) in [7, 11) is 0. The van der Waals surface area contributed by atoms with Gasteiger partial charge in [0.2, 0.25) is 0 Å². The molecule has 1 aromatic carbocycles. The first-order chi connectivity index (χ1) is 13.1. The molecule has 0 aliphatic carbocycles. The number of rotatable bonds is 3. The number of hydrazone groups is 1. The first kappa shape index (κ1) is 16.8. The third-order valence-corrected chi connectivity index (χ3v) is 3.93. The van der Waals surface area contributed by atoms with Crippen molar-refractivity contribution in [2.75, 3.05) is 10.7 Å². The monoisotopic (exact) mass is 371 g/mol. The van der Waals surface area contributed by atoms with Crippen molar-refractivity contribution in [3.63, 3.8) is 0 Å². The van der Waals surface area contributed by atoms with Crippen LogP contribution < -0.4 is 21.8 Å². The Balaban J connectivity index is 1.81. The lowest BCUT2D eigenvalue weighted by Gasteiger charge is -2.21. The highest BCUT2D eigenvalue weighted by Gasteiger charge is 2.29. The van der Waals surface area contributed by atoms with Crippen LogP contribution in [0.5, 0.6) is 0 Å². The van der Waals surface area contributed by atoms with E-state index < -0.39 is 23.1 Å². The van der Waals surface area contributed by atoms with Gasteiger partial charge in [0.15, 0.2) is 23.3 Å². The highest BCUT2D eigenvalue weighted by atomic mass is 19.2. The molecule has 0 saturated carbocycles. The minimum absolute atomic E-state index is 0.0224. The Kier molecular flexibility index (Phi) is 4.09. The van der Waals surface area contributed by atoms with Crippen molar-refractivity contribution in [2.45, 2.75) is 0 Å². The van der Waals surface area contributed by atoms with Gasteiger partial charge >= 0.3 is 0 Å². The van der Waals surface area contributed by atoms with Crippen LogP contribution in [0, 0.1) is 17.5 Å². The van der Waals surface area contributed by atoms with Crippen molar-refractivity contribution in [3.8, 4) is 11.1 Å². The molecule has 7 nitrogen and oxygen atoms in total. The molecule has 0 amide bonds. The predicted molar refractivity (Wildman–Crippen MR) is 93.5 cm³/mol. The number of amidine groups is 1. The lowest BCUT2D eigenvalue weighted by Crippen LogP contribution is -2.43. The first-order valence-corrected chi connectivity index (χ1v) is 7.74. The molecule has 136 valence electrons. The summed E-state index contributed by atoms with van der Waals surface area (Å²) in [6.07, 6.45) is 4.80. The maximum Gasteiger partial charge on any atom is 0.187 e. The van der Waals surface area contributed by atoms with E-state index in [9.17, 15) is 13.2 Å². The average Bonchev–Trinajstić information content (AvgIpc) is 3.15. The second-order valence-electron chi connectivity index (χ2n) is 5.58. The van der Waals surface area contributed by atoms with Gasteiger partial charge in [0.25, 0.3) is 0 Å². The number of benzene rings is 1. The molecular formula is C17H12F3N7. The molecule has 0 unspecified atom stereocenters. The van der Waals surface area contributed by atoms with E-state index >= 15 is 0 Å². The van der Waals surface area contributed by atoms with Crippen LogP contribution in [0.4, 0.5) is 24.7 Å². The van der Waals surface area contributed by atoms with Gasteiger partial charge in [-0.05, 0) is 24.3 Å². The standard InChI is InChI=1S/C17H12F3N7/c18-12-3-4-13(19)15(14(12)20)27-17(24-25-26-27)11-6-10(8-23-16(11)21)9-2-1-5-22-7-9/h1-8,25-26H,(H2,21,23). The normalized spacial score (nSPS) is 13.4. The summed E-state index contributed by atoms with van der Waals surface area (Å²) in [5, 5.41) is 4.89. The largest absolute Gasteiger partial charge is 0.383 e. The topological polar surface area (TPSA) is 91.5 Å². The van der Waals surface area contributed by atoms with Gasteiger partial charge in [-0.1, -0.05) is 6.07 Å². The van der Waals surface area contributed by atoms with E-state index in [0.717, 1.165) is 16.6 Å². The van der Waals surface area contributed by atoms with Gasteiger partial charge in [-0.3, -0.25) is 4.98 Å². The molecule has 0 saturated heterocycles. The fraction of sp³-hybridized carbons (Fsp3) is 0. The highest BCUT2D eigenvalue weighted by molar-refractivity contribution is 6.13. The Morgan fingerprint density at radius 2 is 1.81 bits per heavy atom. The van der Waals surface area contributed by atoms with E-state index in [1.807, 2.05) is 6.07 Å². The van der Waals surface area contributed by atoms with Crippen LogP contribution in [0.25, 0.3) is 11.1 Å². The van der Waals surface area contributed by atoms with Crippen molar-refractivity contribution < 1.29 is 13.2 Å². The van der Waals surface area contributed by atoms with E-state index in [0.29, 0.717) is 11.6 Å². The van der Waals surface area contributed by atoms with Crippen LogP contribution >= 0.6 is 0 Å². The second kappa shape index (κ2) is 6.57. The molecule has 0 fully saturated rings. The number of aromatic nitrogens is 2. The van der Waals surface area contributed by atoms with Gasteiger partial charge < -0.3 is 5.73 Å². The van der Waals surface area contributed by atoms with Crippen molar-refractivity contribution in [1.82, 2.24) is 21.0 Å². The number of nitrogen functional groups attached to an aromatic ring is 1. The molecule has 0 spiro atoms. The molecule has 2 aromatic heterocycles. The zero-order chi connectivity index (χ0) is 19.0. The molecule has 1 aliphatic heterocycles. The summed E-state index contributed by atoms with van der Waals surface area (Å²) < 4.78 is 42.0. The summed E-state index contributed by atoms with van der Waals surface area (Å²) in [6.45, 7) is 0. The van der Waals surface area contributed by atoms with E-state index in [1.165, 1.54) is 0 Å². The third kappa shape index (κ3) is 2.91. The quantitative estimate of drug-likeness (QED) is 0.612. The lowest BCUT2D eigenvalue weighted by atomic mass is 10.1. The Morgan fingerprint density at radius 3 is 2.59 bits per heavy atom. The fourth-order valence-corrected chi connectivity index (χ4v) is 2.64. The number of hydrogen-bond acceptors (Lipinski definition) is 7.